The molecule has 1 saturated heterocycles. The predicted octanol–water partition coefficient (Wildman–Crippen LogP) is 3.44. The van der Waals surface area contributed by atoms with Crippen LogP contribution in [0, 0.1) is 5.92 Å². The summed E-state index contributed by atoms with van der Waals surface area (Å²) in [6.45, 7) is 5.51. The third kappa shape index (κ3) is 3.65. The van der Waals surface area contributed by atoms with Crippen molar-refractivity contribution < 1.29 is 9.53 Å². The lowest BCUT2D eigenvalue weighted by Gasteiger charge is -2.29. The fourth-order valence-corrected chi connectivity index (χ4v) is 4.78. The van der Waals surface area contributed by atoms with Gasteiger partial charge in [0, 0.05) is 24.7 Å². The zero-order valence-corrected chi connectivity index (χ0v) is 15.5. The third-order valence-corrected chi connectivity index (χ3v) is 6.43. The van der Waals surface area contributed by atoms with Crippen LogP contribution in [-0.4, -0.2) is 43.2 Å². The van der Waals surface area contributed by atoms with Gasteiger partial charge in [-0.1, -0.05) is 31.1 Å². The van der Waals surface area contributed by atoms with Gasteiger partial charge in [-0.2, -0.15) is 0 Å². The molecule has 25 heavy (non-hydrogen) atoms. The largest absolute Gasteiger partial charge is 0.378 e. The van der Waals surface area contributed by atoms with E-state index >= 15 is 0 Å². The van der Waals surface area contributed by atoms with E-state index in [9.17, 15) is 4.79 Å². The highest BCUT2D eigenvalue weighted by Crippen LogP contribution is 2.30. The first-order valence-corrected chi connectivity index (χ1v) is 10.1. The second-order valence-electron chi connectivity index (χ2n) is 7.12. The van der Waals surface area contributed by atoms with E-state index in [0.29, 0.717) is 12.0 Å². The van der Waals surface area contributed by atoms with Crippen LogP contribution < -0.4 is 10.2 Å². The van der Waals surface area contributed by atoms with Gasteiger partial charge in [0.25, 0.3) is 5.91 Å². The van der Waals surface area contributed by atoms with Gasteiger partial charge in [0.1, 0.15) is 0 Å². The van der Waals surface area contributed by atoms with Gasteiger partial charge >= 0.3 is 0 Å². The van der Waals surface area contributed by atoms with Gasteiger partial charge in [-0.3, -0.25) is 4.79 Å². The topological polar surface area (TPSA) is 54.5 Å². The summed E-state index contributed by atoms with van der Waals surface area (Å²) in [6.07, 6.45) is 4.80. The summed E-state index contributed by atoms with van der Waals surface area (Å²) < 4.78 is 6.48. The molecule has 1 N–H and O–H groups in total. The number of nitrogens with zero attached hydrogens (tertiary/aromatic N) is 2. The molecule has 0 bridgehead atoms. The number of hydrogen-bond acceptors (Lipinski definition) is 5. The number of aromatic nitrogens is 1. The summed E-state index contributed by atoms with van der Waals surface area (Å²) >= 11 is 1.66. The molecule has 1 saturated carbocycles. The number of hydrogen-bond donors (Lipinski definition) is 1. The van der Waals surface area contributed by atoms with Gasteiger partial charge < -0.3 is 15.0 Å². The fraction of sp³-hybridized carbons (Fsp3) is 0.579. The average molecular weight is 359 g/mol. The summed E-state index contributed by atoms with van der Waals surface area (Å²) in [4.78, 5) is 19.6. The number of amides is 1. The predicted molar refractivity (Wildman–Crippen MR) is 102 cm³/mol. The summed E-state index contributed by atoms with van der Waals surface area (Å²) in [6, 6.07) is 6.16. The van der Waals surface area contributed by atoms with Crippen molar-refractivity contribution in [2.24, 2.45) is 5.92 Å². The van der Waals surface area contributed by atoms with Crippen molar-refractivity contribution in [2.75, 3.05) is 31.2 Å². The first-order valence-electron chi connectivity index (χ1n) is 9.25. The maximum atomic E-state index is 12.7. The molecule has 5 nitrogen and oxygen atoms in total. The summed E-state index contributed by atoms with van der Waals surface area (Å²) in [5, 5.41) is 4.26. The van der Waals surface area contributed by atoms with Crippen LogP contribution in [0.15, 0.2) is 18.2 Å². The van der Waals surface area contributed by atoms with Crippen LogP contribution in [0.3, 0.4) is 0 Å². The van der Waals surface area contributed by atoms with Crippen LogP contribution in [-0.2, 0) is 4.74 Å². The molecule has 2 heterocycles. The Kier molecular flexibility index (Phi) is 4.90. The SMILES string of the molecule is C[C@@H]1CCCC[C@H]1NC(=O)c1ccc2nc(N3CCOCC3)sc2c1. The summed E-state index contributed by atoms with van der Waals surface area (Å²) in [5.74, 6) is 0.611. The van der Waals surface area contributed by atoms with E-state index in [1.807, 2.05) is 18.2 Å². The Morgan fingerprint density at radius 3 is 2.88 bits per heavy atom. The van der Waals surface area contributed by atoms with E-state index in [-0.39, 0.29) is 5.91 Å². The van der Waals surface area contributed by atoms with Crippen LogP contribution in [0.5, 0.6) is 0 Å². The van der Waals surface area contributed by atoms with Gasteiger partial charge in [-0.15, -0.1) is 0 Å². The van der Waals surface area contributed by atoms with Crippen molar-refractivity contribution in [1.29, 1.82) is 0 Å². The Morgan fingerprint density at radius 2 is 2.08 bits per heavy atom. The zero-order chi connectivity index (χ0) is 17.2. The standard InChI is InChI=1S/C19H25N3O2S/c1-13-4-2-3-5-15(13)20-18(23)14-6-7-16-17(12-14)25-19(21-16)22-8-10-24-11-9-22/h6-7,12-13,15H,2-5,8-11H2,1H3,(H,20,23)/t13-,15-/m1/s1. The zero-order valence-electron chi connectivity index (χ0n) is 14.7. The number of thiazole rings is 1. The van der Waals surface area contributed by atoms with Gasteiger partial charge in [0.15, 0.2) is 5.13 Å². The number of benzene rings is 1. The lowest BCUT2D eigenvalue weighted by molar-refractivity contribution is 0.0910. The molecule has 2 fully saturated rings. The van der Waals surface area contributed by atoms with Crippen molar-refractivity contribution in [1.82, 2.24) is 10.3 Å². The van der Waals surface area contributed by atoms with Crippen LogP contribution in [0.2, 0.25) is 0 Å². The monoisotopic (exact) mass is 359 g/mol. The molecule has 6 heteroatoms. The van der Waals surface area contributed by atoms with Crippen molar-refractivity contribution in [3.8, 4) is 0 Å². The first-order chi connectivity index (χ1) is 12.2. The lowest BCUT2D eigenvalue weighted by atomic mass is 9.86. The molecule has 1 aliphatic carbocycles. The van der Waals surface area contributed by atoms with E-state index in [2.05, 4.69) is 17.1 Å². The molecule has 2 aromatic rings. The van der Waals surface area contributed by atoms with Crippen LogP contribution in [0.1, 0.15) is 43.0 Å². The van der Waals surface area contributed by atoms with E-state index in [0.717, 1.165) is 53.6 Å². The molecule has 1 aliphatic heterocycles. The van der Waals surface area contributed by atoms with Gasteiger partial charge in [0.2, 0.25) is 0 Å². The number of carbonyl (C=O) groups is 1. The molecule has 1 aromatic carbocycles. The van der Waals surface area contributed by atoms with Crippen molar-refractivity contribution in [3.63, 3.8) is 0 Å². The number of ether oxygens (including phenoxy) is 1. The summed E-state index contributed by atoms with van der Waals surface area (Å²) in [5.41, 5.74) is 1.71. The smallest absolute Gasteiger partial charge is 0.251 e. The Labute approximate surface area is 152 Å². The van der Waals surface area contributed by atoms with Crippen molar-refractivity contribution >= 4 is 32.6 Å². The van der Waals surface area contributed by atoms with E-state index in [1.165, 1.54) is 19.3 Å². The molecule has 1 aromatic heterocycles. The number of carbonyl (C=O) groups excluding carboxylic acids is 1. The Bertz CT molecular complexity index is 754. The Balaban J connectivity index is 1.51. The molecule has 0 radical (unpaired) electrons. The van der Waals surface area contributed by atoms with Crippen LogP contribution in [0.25, 0.3) is 10.2 Å². The van der Waals surface area contributed by atoms with E-state index in [4.69, 9.17) is 9.72 Å². The minimum Gasteiger partial charge on any atom is -0.378 e. The number of morpholine rings is 1. The van der Waals surface area contributed by atoms with Crippen LogP contribution >= 0.6 is 11.3 Å². The van der Waals surface area contributed by atoms with Crippen LogP contribution in [0.4, 0.5) is 5.13 Å². The molecule has 1 amide bonds. The Hall–Kier alpha value is -1.66. The maximum absolute atomic E-state index is 12.7. The van der Waals surface area contributed by atoms with Gasteiger partial charge in [0.05, 0.1) is 23.4 Å². The lowest BCUT2D eigenvalue weighted by Crippen LogP contribution is -2.41. The Morgan fingerprint density at radius 1 is 1.28 bits per heavy atom. The number of anilines is 1. The third-order valence-electron chi connectivity index (χ3n) is 5.35. The molecule has 134 valence electrons. The normalized spacial score (nSPS) is 24.4. The first kappa shape index (κ1) is 16.8. The molecule has 4 rings (SSSR count). The fourth-order valence-electron chi connectivity index (χ4n) is 3.73. The van der Waals surface area contributed by atoms with E-state index < -0.39 is 0 Å². The van der Waals surface area contributed by atoms with Gasteiger partial charge in [-0.05, 0) is 37.0 Å². The molecular formula is C19H25N3O2S. The van der Waals surface area contributed by atoms with E-state index in [1.54, 1.807) is 11.3 Å². The number of fused-ring (bicyclic) bond motifs is 1. The minimum absolute atomic E-state index is 0.0435. The van der Waals surface area contributed by atoms with Gasteiger partial charge in [-0.25, -0.2) is 4.98 Å². The maximum Gasteiger partial charge on any atom is 0.251 e. The highest BCUT2D eigenvalue weighted by Gasteiger charge is 2.23. The highest BCUT2D eigenvalue weighted by atomic mass is 32.1. The number of nitrogens with one attached hydrogen (secondary N) is 1. The minimum atomic E-state index is 0.0435. The molecule has 2 atom stereocenters. The molecular weight excluding hydrogens is 334 g/mol. The second kappa shape index (κ2) is 7.30. The molecule has 0 spiro atoms. The second-order valence-corrected chi connectivity index (χ2v) is 8.13. The average Bonchev–Trinajstić information content (AvgIpc) is 3.07. The molecule has 2 aliphatic rings. The number of rotatable bonds is 3. The van der Waals surface area contributed by atoms with Crippen molar-refractivity contribution in [3.05, 3.63) is 23.8 Å². The van der Waals surface area contributed by atoms with Crippen molar-refractivity contribution in [2.45, 2.75) is 38.6 Å². The quantitative estimate of drug-likeness (QED) is 0.912. The highest BCUT2D eigenvalue weighted by molar-refractivity contribution is 7.22. The molecule has 0 unspecified atom stereocenters. The summed E-state index contributed by atoms with van der Waals surface area (Å²) in [7, 11) is 0.